The predicted molar refractivity (Wildman–Crippen MR) is 78.4 cm³/mol. The molecule has 0 N–H and O–H groups in total. The number of hydrogen-bond donors (Lipinski definition) is 0. The van der Waals surface area contributed by atoms with Crippen molar-refractivity contribution in [3.63, 3.8) is 0 Å². The monoisotopic (exact) mass is 257 g/mol. The van der Waals surface area contributed by atoms with E-state index in [0.29, 0.717) is 6.54 Å². The number of rotatable bonds is 3. The molecule has 0 bridgehead atoms. The van der Waals surface area contributed by atoms with E-state index in [1.165, 1.54) is 5.56 Å². The molecule has 0 saturated carbocycles. The number of pyridine rings is 1. The molecule has 19 heavy (non-hydrogen) atoms. The molecule has 4 heteroatoms. The Labute approximate surface area is 113 Å². The van der Waals surface area contributed by atoms with Gasteiger partial charge in [-0.15, -0.1) is 0 Å². The van der Waals surface area contributed by atoms with Crippen LogP contribution in [0.15, 0.2) is 30.5 Å². The van der Waals surface area contributed by atoms with E-state index in [0.717, 1.165) is 16.6 Å². The van der Waals surface area contributed by atoms with Gasteiger partial charge in [0.1, 0.15) is 0 Å². The molecule has 1 aromatic heterocycles. The summed E-state index contributed by atoms with van der Waals surface area (Å²) in [6.07, 6.45) is 1.78. The summed E-state index contributed by atoms with van der Waals surface area (Å²) in [6.45, 7) is 2.42. The SMILES string of the molecule is Cc1ccc2nccc(N(C)CC(=O)N(C)C)c2c1. The molecular formula is C15H19N3O. The number of nitrogens with zero attached hydrogens (tertiary/aromatic N) is 3. The lowest BCUT2D eigenvalue weighted by atomic mass is 10.1. The number of aryl methyl sites for hydroxylation is 1. The predicted octanol–water partition coefficient (Wildman–Crippen LogP) is 2.07. The maximum absolute atomic E-state index is 11.8. The first-order valence-corrected chi connectivity index (χ1v) is 6.25. The summed E-state index contributed by atoms with van der Waals surface area (Å²) >= 11 is 0. The van der Waals surface area contributed by atoms with Gasteiger partial charge in [0.15, 0.2) is 0 Å². The molecule has 100 valence electrons. The second-order valence-electron chi connectivity index (χ2n) is 4.99. The lowest BCUT2D eigenvalue weighted by Gasteiger charge is -2.22. The number of carbonyl (C=O) groups excluding carboxylic acids is 1. The smallest absolute Gasteiger partial charge is 0.241 e. The van der Waals surface area contributed by atoms with Crippen molar-refractivity contribution < 1.29 is 4.79 Å². The number of likely N-dealkylation sites (N-methyl/N-ethyl adjacent to an activating group) is 2. The maximum Gasteiger partial charge on any atom is 0.241 e. The molecule has 0 spiro atoms. The molecule has 0 saturated heterocycles. The summed E-state index contributed by atoms with van der Waals surface area (Å²) in [5.41, 5.74) is 3.17. The van der Waals surface area contributed by atoms with E-state index in [4.69, 9.17) is 0 Å². The first kappa shape index (κ1) is 13.3. The molecule has 2 aromatic rings. The summed E-state index contributed by atoms with van der Waals surface area (Å²) in [6, 6.07) is 8.11. The number of carbonyl (C=O) groups is 1. The fourth-order valence-electron chi connectivity index (χ4n) is 2.01. The van der Waals surface area contributed by atoms with Crippen molar-refractivity contribution in [2.75, 3.05) is 32.6 Å². The maximum atomic E-state index is 11.8. The Morgan fingerprint density at radius 3 is 2.63 bits per heavy atom. The van der Waals surface area contributed by atoms with Gasteiger partial charge in [0.2, 0.25) is 5.91 Å². The molecule has 4 nitrogen and oxygen atoms in total. The van der Waals surface area contributed by atoms with Crippen molar-refractivity contribution in [2.45, 2.75) is 6.92 Å². The molecule has 1 heterocycles. The van der Waals surface area contributed by atoms with Crippen LogP contribution in [0.3, 0.4) is 0 Å². The third-order valence-corrected chi connectivity index (χ3v) is 3.16. The largest absolute Gasteiger partial charge is 0.365 e. The van der Waals surface area contributed by atoms with Crippen LogP contribution in [0.2, 0.25) is 0 Å². The van der Waals surface area contributed by atoms with E-state index in [9.17, 15) is 4.79 Å². The topological polar surface area (TPSA) is 36.4 Å². The molecule has 0 atom stereocenters. The number of benzene rings is 1. The zero-order valence-corrected chi connectivity index (χ0v) is 11.8. The van der Waals surface area contributed by atoms with Gasteiger partial charge in [0, 0.05) is 38.4 Å². The number of aromatic nitrogens is 1. The van der Waals surface area contributed by atoms with Crippen molar-refractivity contribution in [3.05, 3.63) is 36.0 Å². The minimum atomic E-state index is 0.0834. The van der Waals surface area contributed by atoms with Crippen LogP contribution in [0.25, 0.3) is 10.9 Å². The van der Waals surface area contributed by atoms with Crippen LogP contribution >= 0.6 is 0 Å². The van der Waals surface area contributed by atoms with E-state index in [-0.39, 0.29) is 5.91 Å². The zero-order valence-electron chi connectivity index (χ0n) is 11.8. The number of hydrogen-bond acceptors (Lipinski definition) is 3. The molecular weight excluding hydrogens is 238 g/mol. The van der Waals surface area contributed by atoms with E-state index < -0.39 is 0 Å². The average molecular weight is 257 g/mol. The fraction of sp³-hybridized carbons (Fsp3) is 0.333. The Hall–Kier alpha value is -2.10. The van der Waals surface area contributed by atoms with Gasteiger partial charge >= 0.3 is 0 Å². The molecule has 0 radical (unpaired) electrons. The molecule has 1 amide bonds. The molecule has 1 aromatic carbocycles. The van der Waals surface area contributed by atoms with Gasteiger partial charge in [-0.3, -0.25) is 9.78 Å². The fourth-order valence-corrected chi connectivity index (χ4v) is 2.01. The van der Waals surface area contributed by atoms with Crippen LogP contribution in [0.5, 0.6) is 0 Å². The van der Waals surface area contributed by atoms with Gasteiger partial charge in [-0.2, -0.15) is 0 Å². The highest BCUT2D eigenvalue weighted by atomic mass is 16.2. The Balaban J connectivity index is 2.39. The Morgan fingerprint density at radius 2 is 1.95 bits per heavy atom. The van der Waals surface area contributed by atoms with Crippen molar-refractivity contribution in [1.82, 2.24) is 9.88 Å². The summed E-state index contributed by atoms with van der Waals surface area (Å²) < 4.78 is 0. The van der Waals surface area contributed by atoms with E-state index in [1.54, 1.807) is 25.2 Å². The van der Waals surface area contributed by atoms with E-state index in [2.05, 4.69) is 18.0 Å². The van der Waals surface area contributed by atoms with Crippen molar-refractivity contribution in [2.24, 2.45) is 0 Å². The van der Waals surface area contributed by atoms with Crippen LogP contribution in [-0.4, -0.2) is 43.5 Å². The average Bonchev–Trinajstić information content (AvgIpc) is 2.37. The summed E-state index contributed by atoms with van der Waals surface area (Å²) in [5.74, 6) is 0.0834. The Bertz CT molecular complexity index is 607. The first-order valence-electron chi connectivity index (χ1n) is 6.25. The van der Waals surface area contributed by atoms with Crippen molar-refractivity contribution in [1.29, 1.82) is 0 Å². The molecule has 2 rings (SSSR count). The Morgan fingerprint density at radius 1 is 1.21 bits per heavy atom. The minimum absolute atomic E-state index is 0.0834. The van der Waals surface area contributed by atoms with E-state index >= 15 is 0 Å². The van der Waals surface area contributed by atoms with Crippen LogP contribution in [0, 0.1) is 6.92 Å². The summed E-state index contributed by atoms with van der Waals surface area (Å²) in [4.78, 5) is 19.7. The lowest BCUT2D eigenvalue weighted by molar-refractivity contribution is -0.127. The minimum Gasteiger partial charge on any atom is -0.365 e. The van der Waals surface area contributed by atoms with E-state index in [1.807, 2.05) is 30.1 Å². The molecule has 0 aliphatic rings. The summed E-state index contributed by atoms with van der Waals surface area (Å²) in [7, 11) is 5.47. The van der Waals surface area contributed by atoms with Gasteiger partial charge < -0.3 is 9.80 Å². The summed E-state index contributed by atoms with van der Waals surface area (Å²) in [5, 5.41) is 1.08. The third kappa shape index (κ3) is 2.84. The quantitative estimate of drug-likeness (QED) is 0.844. The van der Waals surface area contributed by atoms with Gasteiger partial charge in [-0.1, -0.05) is 11.6 Å². The normalized spacial score (nSPS) is 10.5. The highest BCUT2D eigenvalue weighted by molar-refractivity contribution is 5.93. The van der Waals surface area contributed by atoms with Gasteiger partial charge in [-0.25, -0.2) is 0 Å². The zero-order chi connectivity index (χ0) is 14.0. The lowest BCUT2D eigenvalue weighted by Crippen LogP contribution is -2.34. The van der Waals surface area contributed by atoms with Crippen molar-refractivity contribution >= 4 is 22.5 Å². The van der Waals surface area contributed by atoms with Crippen molar-refractivity contribution in [3.8, 4) is 0 Å². The van der Waals surface area contributed by atoms with Gasteiger partial charge in [0.25, 0.3) is 0 Å². The number of amides is 1. The van der Waals surface area contributed by atoms with Gasteiger partial charge in [0.05, 0.1) is 12.1 Å². The second kappa shape index (κ2) is 5.26. The standard InChI is InChI=1S/C15H19N3O/c1-11-5-6-13-12(9-11)14(7-8-16-13)18(4)10-15(19)17(2)3/h5-9H,10H2,1-4H3. The number of anilines is 1. The Kier molecular flexibility index (Phi) is 3.69. The highest BCUT2D eigenvalue weighted by Gasteiger charge is 2.12. The highest BCUT2D eigenvalue weighted by Crippen LogP contribution is 2.25. The third-order valence-electron chi connectivity index (χ3n) is 3.16. The van der Waals surface area contributed by atoms with Crippen LogP contribution < -0.4 is 4.90 Å². The van der Waals surface area contributed by atoms with Crippen LogP contribution in [0.1, 0.15) is 5.56 Å². The molecule has 0 aliphatic carbocycles. The van der Waals surface area contributed by atoms with Crippen LogP contribution in [-0.2, 0) is 4.79 Å². The number of fused-ring (bicyclic) bond motifs is 1. The van der Waals surface area contributed by atoms with Crippen LogP contribution in [0.4, 0.5) is 5.69 Å². The second-order valence-corrected chi connectivity index (χ2v) is 4.99. The molecule has 0 fully saturated rings. The van der Waals surface area contributed by atoms with Gasteiger partial charge in [-0.05, 0) is 25.1 Å². The molecule has 0 aliphatic heterocycles. The first-order chi connectivity index (χ1) is 8.99. The molecule has 0 unspecified atom stereocenters.